The van der Waals surface area contributed by atoms with Gasteiger partial charge >= 0.3 is 0 Å². The number of carbonyl (C=O) groups excluding carboxylic acids is 1. The third-order valence-corrected chi connectivity index (χ3v) is 5.94. The minimum absolute atomic E-state index is 0.177. The average molecular weight is 329 g/mol. The molecule has 0 aromatic heterocycles. The van der Waals surface area contributed by atoms with Crippen molar-refractivity contribution in [2.45, 2.75) is 58.4 Å². The molecular formula is C21H32N2O. The molecule has 132 valence electrons. The van der Waals surface area contributed by atoms with Gasteiger partial charge in [0.15, 0.2) is 0 Å². The molecule has 1 aliphatic heterocycles. The minimum Gasteiger partial charge on any atom is -0.356 e. The first-order valence-corrected chi connectivity index (χ1v) is 9.58. The molecule has 3 aliphatic rings. The van der Waals surface area contributed by atoms with E-state index in [-0.39, 0.29) is 5.41 Å². The Balaban J connectivity index is 1.46. The highest BCUT2D eigenvalue weighted by atomic mass is 16.1. The smallest absolute Gasteiger partial charge is 0.207 e. The molecule has 0 spiro atoms. The number of hydrogen-bond donors (Lipinski definition) is 1. The second-order valence-corrected chi connectivity index (χ2v) is 8.36. The van der Waals surface area contributed by atoms with Gasteiger partial charge in [-0.2, -0.15) is 0 Å². The van der Waals surface area contributed by atoms with Crippen LogP contribution in [0.5, 0.6) is 0 Å². The number of carbonyl (C=O) groups is 1. The van der Waals surface area contributed by atoms with Crippen molar-refractivity contribution in [3.8, 4) is 0 Å². The van der Waals surface area contributed by atoms with E-state index in [4.69, 9.17) is 0 Å². The number of rotatable bonds is 5. The van der Waals surface area contributed by atoms with Crippen LogP contribution < -0.4 is 5.32 Å². The first kappa shape index (κ1) is 17.5. The molecule has 0 bridgehead atoms. The van der Waals surface area contributed by atoms with Crippen LogP contribution in [0.3, 0.4) is 0 Å². The van der Waals surface area contributed by atoms with Crippen molar-refractivity contribution in [3.63, 3.8) is 0 Å². The molecule has 1 amide bonds. The van der Waals surface area contributed by atoms with Crippen molar-refractivity contribution >= 4 is 6.41 Å². The Bertz CT molecular complexity index is 536. The van der Waals surface area contributed by atoms with Crippen LogP contribution in [0, 0.1) is 11.3 Å². The highest BCUT2D eigenvalue weighted by molar-refractivity contribution is 5.46. The van der Waals surface area contributed by atoms with Crippen molar-refractivity contribution < 1.29 is 4.79 Å². The van der Waals surface area contributed by atoms with Gasteiger partial charge < -0.3 is 5.32 Å². The second-order valence-electron chi connectivity index (χ2n) is 8.36. The lowest BCUT2D eigenvalue weighted by atomic mass is 9.84. The van der Waals surface area contributed by atoms with Gasteiger partial charge in [-0.15, -0.1) is 0 Å². The first-order chi connectivity index (χ1) is 11.6. The predicted molar refractivity (Wildman–Crippen MR) is 99.7 cm³/mol. The molecule has 1 heterocycles. The van der Waals surface area contributed by atoms with Crippen molar-refractivity contribution in [2.75, 3.05) is 19.6 Å². The summed E-state index contributed by atoms with van der Waals surface area (Å²) in [5.41, 5.74) is 3.23. The maximum atomic E-state index is 10.5. The van der Waals surface area contributed by atoms with Crippen molar-refractivity contribution in [2.24, 2.45) is 11.3 Å². The standard InChI is InChI=1S/C21H32N2O/c1-21(2)11-7-18-10-14-23(15-19(18)8-12-21)13-9-17-3-5-20(6-4-17)22-16-24/h7-8,11-12,16-17,20H,3-6,9-10,13-15H2,1-2H3,(H,22,24). The van der Waals surface area contributed by atoms with E-state index < -0.39 is 0 Å². The zero-order valence-electron chi connectivity index (χ0n) is 15.3. The topological polar surface area (TPSA) is 32.3 Å². The van der Waals surface area contributed by atoms with E-state index in [9.17, 15) is 4.79 Å². The zero-order chi connectivity index (χ0) is 17.0. The summed E-state index contributed by atoms with van der Waals surface area (Å²) in [6, 6.07) is 0.424. The summed E-state index contributed by atoms with van der Waals surface area (Å²) in [5.74, 6) is 0.841. The summed E-state index contributed by atoms with van der Waals surface area (Å²) >= 11 is 0. The SMILES string of the molecule is CC1(C)C=CC2=C(C=C1)CN(CCC1CCC(NC=O)CC1)CC2. The van der Waals surface area contributed by atoms with Crippen molar-refractivity contribution in [1.29, 1.82) is 0 Å². The molecule has 0 atom stereocenters. The molecule has 3 nitrogen and oxygen atoms in total. The Morgan fingerprint density at radius 3 is 2.58 bits per heavy atom. The Hall–Kier alpha value is -1.35. The molecule has 1 saturated carbocycles. The van der Waals surface area contributed by atoms with E-state index in [1.807, 2.05) is 0 Å². The normalized spacial score (nSPS) is 29.9. The van der Waals surface area contributed by atoms with Crippen LogP contribution in [-0.2, 0) is 4.79 Å². The maximum Gasteiger partial charge on any atom is 0.207 e. The molecule has 0 aromatic carbocycles. The number of hydrogen-bond acceptors (Lipinski definition) is 2. The zero-order valence-corrected chi connectivity index (χ0v) is 15.3. The monoisotopic (exact) mass is 328 g/mol. The highest BCUT2D eigenvalue weighted by Gasteiger charge is 2.23. The summed E-state index contributed by atoms with van der Waals surface area (Å²) in [5, 5.41) is 2.94. The van der Waals surface area contributed by atoms with Crippen LogP contribution in [0.2, 0.25) is 0 Å². The molecule has 3 rings (SSSR count). The van der Waals surface area contributed by atoms with Gasteiger partial charge in [0.05, 0.1) is 0 Å². The van der Waals surface area contributed by atoms with Crippen molar-refractivity contribution in [3.05, 3.63) is 35.5 Å². The molecule has 0 unspecified atom stereocenters. The molecule has 0 saturated heterocycles. The molecule has 24 heavy (non-hydrogen) atoms. The molecule has 1 fully saturated rings. The number of nitrogens with one attached hydrogen (secondary N) is 1. The maximum absolute atomic E-state index is 10.5. The van der Waals surface area contributed by atoms with Crippen LogP contribution in [0.15, 0.2) is 35.5 Å². The van der Waals surface area contributed by atoms with E-state index in [1.165, 1.54) is 49.9 Å². The van der Waals surface area contributed by atoms with Gasteiger partial charge in [0.25, 0.3) is 0 Å². The number of allylic oxidation sites excluding steroid dienone is 3. The molecule has 0 aromatic rings. The Kier molecular flexibility index (Phi) is 5.60. The van der Waals surface area contributed by atoms with E-state index in [2.05, 4.69) is 48.4 Å². The van der Waals surface area contributed by atoms with E-state index >= 15 is 0 Å². The van der Waals surface area contributed by atoms with Crippen LogP contribution in [0.4, 0.5) is 0 Å². The fourth-order valence-electron chi connectivity index (χ4n) is 4.17. The molecule has 3 heteroatoms. The summed E-state index contributed by atoms with van der Waals surface area (Å²) in [6.45, 7) is 8.06. The van der Waals surface area contributed by atoms with Gasteiger partial charge in [-0.1, -0.05) is 38.2 Å². The average Bonchev–Trinajstić information content (AvgIpc) is 2.73. The molecule has 0 radical (unpaired) electrons. The van der Waals surface area contributed by atoms with E-state index in [1.54, 1.807) is 0 Å². The summed E-state index contributed by atoms with van der Waals surface area (Å²) < 4.78 is 0. The largest absolute Gasteiger partial charge is 0.356 e. The Morgan fingerprint density at radius 1 is 1.17 bits per heavy atom. The van der Waals surface area contributed by atoms with Crippen LogP contribution in [-0.4, -0.2) is 37.0 Å². The second kappa shape index (κ2) is 7.69. The lowest BCUT2D eigenvalue weighted by Gasteiger charge is -2.32. The summed E-state index contributed by atoms with van der Waals surface area (Å²) in [6.07, 6.45) is 17.6. The number of nitrogens with zero attached hydrogens (tertiary/aromatic N) is 1. The van der Waals surface area contributed by atoms with E-state index in [0.717, 1.165) is 31.7 Å². The molecule has 2 aliphatic carbocycles. The predicted octanol–water partition coefficient (Wildman–Crippen LogP) is 3.84. The van der Waals surface area contributed by atoms with E-state index in [0.29, 0.717) is 6.04 Å². The van der Waals surface area contributed by atoms with Gasteiger partial charge in [0.1, 0.15) is 0 Å². The fraction of sp³-hybridized carbons (Fsp3) is 0.667. The van der Waals surface area contributed by atoms with Crippen LogP contribution in [0.1, 0.15) is 52.4 Å². The van der Waals surface area contributed by atoms with Gasteiger partial charge in [0, 0.05) is 24.5 Å². The van der Waals surface area contributed by atoms with Crippen LogP contribution in [0.25, 0.3) is 0 Å². The Morgan fingerprint density at radius 2 is 1.88 bits per heavy atom. The van der Waals surface area contributed by atoms with Crippen LogP contribution >= 0.6 is 0 Å². The summed E-state index contributed by atoms with van der Waals surface area (Å²) in [4.78, 5) is 13.2. The minimum atomic E-state index is 0.177. The third kappa shape index (κ3) is 4.60. The molecular weight excluding hydrogens is 296 g/mol. The lowest BCUT2D eigenvalue weighted by molar-refractivity contribution is -0.110. The van der Waals surface area contributed by atoms with Gasteiger partial charge in [0.2, 0.25) is 6.41 Å². The van der Waals surface area contributed by atoms with Gasteiger partial charge in [-0.25, -0.2) is 0 Å². The van der Waals surface area contributed by atoms with Crippen molar-refractivity contribution in [1.82, 2.24) is 10.2 Å². The van der Waals surface area contributed by atoms with Gasteiger partial charge in [-0.05, 0) is 62.1 Å². The summed E-state index contributed by atoms with van der Waals surface area (Å²) in [7, 11) is 0. The number of amides is 1. The lowest BCUT2D eigenvalue weighted by Crippen LogP contribution is -2.35. The third-order valence-electron chi connectivity index (χ3n) is 5.94. The molecule has 1 N–H and O–H groups in total. The highest BCUT2D eigenvalue weighted by Crippen LogP contribution is 2.31. The quantitative estimate of drug-likeness (QED) is 0.778. The first-order valence-electron chi connectivity index (χ1n) is 9.58. The fourth-order valence-corrected chi connectivity index (χ4v) is 4.17. The Labute approximate surface area is 146 Å². The van der Waals surface area contributed by atoms with Gasteiger partial charge in [-0.3, -0.25) is 9.69 Å².